The largest absolute Gasteiger partial charge is 0.492 e. The molecular formula is C29H27N3O. The Kier molecular flexibility index (Phi) is 6.16. The zero-order chi connectivity index (χ0) is 22.5. The van der Waals surface area contributed by atoms with Crippen LogP contribution in [0.1, 0.15) is 28.9 Å². The third-order valence-electron chi connectivity index (χ3n) is 5.94. The van der Waals surface area contributed by atoms with Crippen LogP contribution >= 0.6 is 0 Å². The Labute approximate surface area is 194 Å². The normalized spacial score (nSPS) is 11.1. The van der Waals surface area contributed by atoms with Gasteiger partial charge in [-0.2, -0.15) is 5.10 Å². The lowest BCUT2D eigenvalue weighted by Crippen LogP contribution is -2.02. The number of aromatic nitrogens is 3. The molecule has 0 aliphatic carbocycles. The maximum Gasteiger partial charge on any atom is 0.138 e. The highest BCUT2D eigenvalue weighted by Gasteiger charge is 2.12. The number of benzene rings is 3. The van der Waals surface area contributed by atoms with Gasteiger partial charge in [-0.1, -0.05) is 66.7 Å². The number of nitrogens with zero attached hydrogens (tertiary/aromatic N) is 2. The Morgan fingerprint density at radius 2 is 1.61 bits per heavy atom. The molecule has 0 fully saturated rings. The summed E-state index contributed by atoms with van der Waals surface area (Å²) in [6.45, 7) is 2.71. The van der Waals surface area contributed by atoms with Crippen LogP contribution < -0.4 is 4.74 Å². The first kappa shape index (κ1) is 21.0. The van der Waals surface area contributed by atoms with Gasteiger partial charge in [0.25, 0.3) is 0 Å². The molecule has 0 bridgehead atoms. The van der Waals surface area contributed by atoms with Crippen LogP contribution in [0.3, 0.4) is 0 Å². The Hall–Kier alpha value is -3.92. The number of aryl methyl sites for hydroxylation is 2. The van der Waals surface area contributed by atoms with Crippen LogP contribution in [0.15, 0.2) is 91.1 Å². The zero-order valence-corrected chi connectivity index (χ0v) is 18.8. The second-order valence-corrected chi connectivity index (χ2v) is 8.35. The van der Waals surface area contributed by atoms with Crippen molar-refractivity contribution in [3.8, 4) is 16.9 Å². The molecule has 2 aromatic heterocycles. The molecule has 0 aliphatic heterocycles. The minimum absolute atomic E-state index is 0.661. The molecule has 2 heterocycles. The number of ether oxygens (including phenoxy) is 1. The highest BCUT2D eigenvalue weighted by atomic mass is 16.5. The summed E-state index contributed by atoms with van der Waals surface area (Å²) in [4.78, 5) is 4.83. The van der Waals surface area contributed by atoms with Crippen molar-refractivity contribution in [2.45, 2.75) is 26.2 Å². The van der Waals surface area contributed by atoms with Crippen molar-refractivity contribution < 1.29 is 4.74 Å². The van der Waals surface area contributed by atoms with Crippen LogP contribution in [0.4, 0.5) is 0 Å². The van der Waals surface area contributed by atoms with Gasteiger partial charge in [0, 0.05) is 23.1 Å². The van der Waals surface area contributed by atoms with Crippen LogP contribution in [0, 0.1) is 6.92 Å². The van der Waals surface area contributed by atoms with E-state index >= 15 is 0 Å². The Bertz CT molecular complexity index is 1340. The van der Waals surface area contributed by atoms with Crippen LogP contribution in [0.25, 0.3) is 22.0 Å². The molecule has 0 saturated carbocycles. The van der Waals surface area contributed by atoms with Gasteiger partial charge in [0.2, 0.25) is 0 Å². The molecular weight excluding hydrogens is 406 g/mol. The highest BCUT2D eigenvalue weighted by Crippen LogP contribution is 2.31. The summed E-state index contributed by atoms with van der Waals surface area (Å²) in [5.41, 5.74) is 7.88. The zero-order valence-electron chi connectivity index (χ0n) is 18.8. The summed E-state index contributed by atoms with van der Waals surface area (Å²) >= 11 is 0. The van der Waals surface area contributed by atoms with E-state index in [1.54, 1.807) is 0 Å². The Balaban J connectivity index is 1.40. The average Bonchev–Trinajstić information content (AvgIpc) is 3.24. The maximum absolute atomic E-state index is 6.11. The molecule has 0 spiro atoms. The molecule has 1 N–H and O–H groups in total. The van der Waals surface area contributed by atoms with Crippen molar-refractivity contribution in [2.24, 2.45) is 0 Å². The second-order valence-electron chi connectivity index (χ2n) is 8.35. The van der Waals surface area contributed by atoms with E-state index in [9.17, 15) is 0 Å². The lowest BCUT2D eigenvalue weighted by molar-refractivity contribution is 0.310. The van der Waals surface area contributed by atoms with Gasteiger partial charge in [0.15, 0.2) is 0 Å². The topological polar surface area (TPSA) is 50.8 Å². The van der Waals surface area contributed by atoms with E-state index in [-0.39, 0.29) is 0 Å². The van der Waals surface area contributed by atoms with E-state index in [2.05, 4.69) is 89.9 Å². The van der Waals surface area contributed by atoms with Crippen molar-refractivity contribution in [1.82, 2.24) is 15.2 Å². The maximum atomic E-state index is 6.11. The van der Waals surface area contributed by atoms with Crippen molar-refractivity contribution in [3.63, 3.8) is 0 Å². The predicted molar refractivity (Wildman–Crippen MR) is 134 cm³/mol. The van der Waals surface area contributed by atoms with Crippen LogP contribution in [-0.2, 0) is 12.8 Å². The van der Waals surface area contributed by atoms with Crippen molar-refractivity contribution >= 4 is 10.9 Å². The molecule has 0 unspecified atom stereocenters. The minimum Gasteiger partial charge on any atom is -0.492 e. The molecule has 0 aliphatic rings. The number of fused-ring (bicyclic) bond motifs is 1. The smallest absolute Gasteiger partial charge is 0.138 e. The van der Waals surface area contributed by atoms with E-state index in [1.807, 2.05) is 18.3 Å². The molecule has 0 radical (unpaired) electrons. The van der Waals surface area contributed by atoms with Crippen molar-refractivity contribution in [1.29, 1.82) is 0 Å². The molecule has 5 rings (SSSR count). The third kappa shape index (κ3) is 4.96. The van der Waals surface area contributed by atoms with Gasteiger partial charge in [0.05, 0.1) is 24.0 Å². The van der Waals surface area contributed by atoms with E-state index in [0.29, 0.717) is 6.61 Å². The van der Waals surface area contributed by atoms with Gasteiger partial charge in [0.1, 0.15) is 5.75 Å². The van der Waals surface area contributed by atoms with E-state index in [4.69, 9.17) is 9.72 Å². The number of aromatic amines is 1. The summed E-state index contributed by atoms with van der Waals surface area (Å²) in [6, 6.07) is 29.5. The Morgan fingerprint density at radius 1 is 0.848 bits per heavy atom. The first-order valence-electron chi connectivity index (χ1n) is 11.4. The fourth-order valence-electron chi connectivity index (χ4n) is 4.15. The number of pyridine rings is 1. The molecule has 0 atom stereocenters. The quantitative estimate of drug-likeness (QED) is 0.283. The molecule has 0 saturated heterocycles. The van der Waals surface area contributed by atoms with Gasteiger partial charge < -0.3 is 4.74 Å². The number of nitrogens with one attached hydrogen (secondary N) is 1. The molecule has 4 nitrogen and oxygen atoms in total. The van der Waals surface area contributed by atoms with Crippen molar-refractivity contribution in [3.05, 3.63) is 114 Å². The minimum atomic E-state index is 0.661. The fraction of sp³-hybridized carbons (Fsp3) is 0.172. The number of hydrogen-bond donors (Lipinski definition) is 1. The van der Waals surface area contributed by atoms with E-state index < -0.39 is 0 Å². The van der Waals surface area contributed by atoms with Crippen LogP contribution in [0.2, 0.25) is 0 Å². The fourth-order valence-corrected chi connectivity index (χ4v) is 4.15. The molecule has 0 amide bonds. The third-order valence-corrected chi connectivity index (χ3v) is 5.94. The predicted octanol–water partition coefficient (Wildman–Crippen LogP) is 6.54. The van der Waals surface area contributed by atoms with Gasteiger partial charge >= 0.3 is 0 Å². The summed E-state index contributed by atoms with van der Waals surface area (Å²) in [6.07, 6.45) is 4.59. The molecule has 5 aromatic rings. The monoisotopic (exact) mass is 433 g/mol. The molecule has 164 valence electrons. The average molecular weight is 434 g/mol. The number of H-pyrrole nitrogens is 1. The van der Waals surface area contributed by atoms with Gasteiger partial charge in [-0.05, 0) is 54.7 Å². The first-order valence-corrected chi connectivity index (χ1v) is 11.4. The summed E-state index contributed by atoms with van der Waals surface area (Å²) in [5, 5.41) is 8.58. The van der Waals surface area contributed by atoms with Crippen molar-refractivity contribution in [2.75, 3.05) is 6.61 Å². The van der Waals surface area contributed by atoms with Crippen LogP contribution in [-0.4, -0.2) is 21.8 Å². The number of hydrogen-bond acceptors (Lipinski definition) is 3. The standard InChI is InChI=1S/C29H27N3O/c1-21-26-18-24(14-15-28(26)32-31-21)27-19-25(33-16-8-13-22-9-4-2-5-10-22)20-30-29(27)17-23-11-6-3-7-12-23/h2-7,9-12,14-15,18-20H,8,13,16-17H2,1H3,(H,31,32). The molecule has 33 heavy (non-hydrogen) atoms. The van der Waals surface area contributed by atoms with E-state index in [0.717, 1.165) is 58.4 Å². The molecule has 3 aromatic carbocycles. The summed E-state index contributed by atoms with van der Waals surface area (Å²) < 4.78 is 6.11. The summed E-state index contributed by atoms with van der Waals surface area (Å²) in [5.74, 6) is 0.805. The number of rotatable bonds is 8. The van der Waals surface area contributed by atoms with Gasteiger partial charge in [-0.15, -0.1) is 0 Å². The lowest BCUT2D eigenvalue weighted by atomic mass is 9.98. The van der Waals surface area contributed by atoms with Gasteiger partial charge in [-0.25, -0.2) is 0 Å². The SMILES string of the molecule is Cc1[nH]nc2ccc(-c3cc(OCCCc4ccccc4)cnc3Cc3ccccc3)cc12. The first-order chi connectivity index (χ1) is 16.3. The molecule has 4 heteroatoms. The summed E-state index contributed by atoms with van der Waals surface area (Å²) in [7, 11) is 0. The second kappa shape index (κ2) is 9.70. The highest BCUT2D eigenvalue weighted by molar-refractivity contribution is 5.87. The van der Waals surface area contributed by atoms with E-state index in [1.165, 1.54) is 11.1 Å². The Morgan fingerprint density at radius 3 is 2.39 bits per heavy atom. The van der Waals surface area contributed by atoms with Gasteiger partial charge in [-0.3, -0.25) is 10.1 Å². The lowest BCUT2D eigenvalue weighted by Gasteiger charge is -2.13. The van der Waals surface area contributed by atoms with Crippen LogP contribution in [0.5, 0.6) is 5.75 Å².